The van der Waals surface area contributed by atoms with E-state index in [4.69, 9.17) is 12.2 Å². The number of nitrogens with zero attached hydrogens (tertiary/aromatic N) is 3. The van der Waals surface area contributed by atoms with E-state index in [1.165, 1.54) is 29.0 Å². The van der Waals surface area contributed by atoms with Gasteiger partial charge in [0.2, 0.25) is 0 Å². The lowest BCUT2D eigenvalue weighted by atomic mass is 9.86. The molecule has 3 heterocycles. The van der Waals surface area contributed by atoms with Crippen molar-refractivity contribution in [2.24, 2.45) is 0 Å². The molecule has 0 radical (unpaired) electrons. The highest BCUT2D eigenvalue weighted by Gasteiger charge is 2.41. The lowest BCUT2D eigenvalue weighted by Crippen LogP contribution is -2.42. The fraction of sp³-hybridized carbons (Fsp3) is 0.259. The lowest BCUT2D eigenvalue weighted by molar-refractivity contribution is 0.566. The average molecular weight is 459 g/mol. The first kappa shape index (κ1) is 21.6. The average Bonchev–Trinajstić information content (AvgIpc) is 3.15. The van der Waals surface area contributed by atoms with E-state index in [2.05, 4.69) is 72.2 Å². The highest BCUT2D eigenvalue weighted by atomic mass is 32.1. The van der Waals surface area contributed by atoms with E-state index in [1.807, 2.05) is 18.2 Å². The minimum atomic E-state index is -0.269. The van der Waals surface area contributed by atoms with E-state index < -0.39 is 0 Å². The molecule has 1 saturated heterocycles. The number of aromatic nitrogens is 1. The van der Waals surface area contributed by atoms with Gasteiger partial charge in [-0.3, -0.25) is 4.98 Å². The molecule has 4 nitrogen and oxygen atoms in total. The lowest BCUT2D eigenvalue weighted by Gasteiger charge is -2.41. The summed E-state index contributed by atoms with van der Waals surface area (Å²) in [5.74, 6) is -0.269. The van der Waals surface area contributed by atoms with Gasteiger partial charge in [-0.05, 0) is 92.7 Å². The van der Waals surface area contributed by atoms with Crippen molar-refractivity contribution in [3.63, 3.8) is 0 Å². The van der Waals surface area contributed by atoms with Crippen molar-refractivity contribution in [1.29, 1.82) is 0 Å². The Morgan fingerprint density at radius 3 is 2.52 bits per heavy atom. The number of anilines is 2. The van der Waals surface area contributed by atoms with Crippen LogP contribution in [-0.2, 0) is 0 Å². The Hall–Kier alpha value is -3.25. The van der Waals surface area contributed by atoms with Crippen LogP contribution in [-0.4, -0.2) is 22.7 Å². The van der Waals surface area contributed by atoms with Gasteiger partial charge in [-0.1, -0.05) is 18.2 Å². The number of likely N-dealkylation sites (N-methyl/N-ethyl adjacent to an activating group) is 1. The summed E-state index contributed by atoms with van der Waals surface area (Å²) in [7, 11) is 2.13. The van der Waals surface area contributed by atoms with Gasteiger partial charge in [-0.25, -0.2) is 4.39 Å². The first-order valence-corrected chi connectivity index (χ1v) is 11.5. The summed E-state index contributed by atoms with van der Waals surface area (Å²) in [6.45, 7) is 6.61. The molecule has 0 aliphatic carbocycles. The molecule has 0 bridgehead atoms. The first-order chi connectivity index (χ1) is 15.8. The van der Waals surface area contributed by atoms with Crippen LogP contribution in [0.3, 0.4) is 0 Å². The molecule has 2 aromatic carbocycles. The molecule has 3 aromatic rings. The van der Waals surface area contributed by atoms with E-state index in [1.54, 1.807) is 18.3 Å². The maximum absolute atomic E-state index is 13.7. The fourth-order valence-electron chi connectivity index (χ4n) is 4.93. The third kappa shape index (κ3) is 3.68. The van der Waals surface area contributed by atoms with Gasteiger partial charge in [0.25, 0.3) is 0 Å². The molecule has 0 unspecified atom stereocenters. The summed E-state index contributed by atoms with van der Waals surface area (Å²) in [5.41, 5.74) is 6.52. The minimum Gasteiger partial charge on any atom is -0.366 e. The smallest absolute Gasteiger partial charge is 0.174 e. The van der Waals surface area contributed by atoms with Crippen LogP contribution in [0.25, 0.3) is 5.57 Å². The zero-order valence-corrected chi connectivity index (χ0v) is 20.0. The van der Waals surface area contributed by atoms with Crippen molar-refractivity contribution < 1.29 is 4.39 Å². The number of pyridine rings is 1. The van der Waals surface area contributed by atoms with Crippen LogP contribution >= 0.6 is 12.2 Å². The van der Waals surface area contributed by atoms with Crippen LogP contribution in [0, 0.1) is 5.82 Å². The molecular weight excluding hydrogens is 431 g/mol. The van der Waals surface area contributed by atoms with Crippen LogP contribution in [0.1, 0.15) is 49.7 Å². The number of nitrogens with one attached hydrogen (secondary N) is 1. The summed E-state index contributed by atoms with van der Waals surface area (Å²) < 4.78 is 13.7. The van der Waals surface area contributed by atoms with Gasteiger partial charge in [-0.15, -0.1) is 0 Å². The Morgan fingerprint density at radius 2 is 1.82 bits per heavy atom. The van der Waals surface area contributed by atoms with E-state index in [9.17, 15) is 4.39 Å². The molecule has 2 atom stereocenters. The van der Waals surface area contributed by atoms with Crippen LogP contribution < -0.4 is 15.1 Å². The molecule has 6 heteroatoms. The van der Waals surface area contributed by atoms with E-state index in [0.717, 1.165) is 16.9 Å². The molecule has 0 spiro atoms. The monoisotopic (exact) mass is 458 g/mol. The summed E-state index contributed by atoms with van der Waals surface area (Å²) in [6, 6.07) is 18.8. The standard InChI is InChI=1S/C27H27FN4S/c1-17-16-27(2,3)31(4)23-13-8-18(15-21(17)23)25-24(22-7-5-6-14-29-22)30-26(33)32(25)20-11-9-19(28)10-12-20/h5-16,24-25H,1-4H3,(H,30,33)/t24-,25+/m1/s1. The van der Waals surface area contributed by atoms with E-state index >= 15 is 0 Å². The molecule has 33 heavy (non-hydrogen) atoms. The Morgan fingerprint density at radius 1 is 1.06 bits per heavy atom. The topological polar surface area (TPSA) is 31.4 Å². The van der Waals surface area contributed by atoms with Crippen LogP contribution in [0.5, 0.6) is 0 Å². The number of hydrogen-bond acceptors (Lipinski definition) is 3. The van der Waals surface area contributed by atoms with Crippen molar-refractivity contribution in [2.45, 2.75) is 38.4 Å². The number of benzene rings is 2. The second-order valence-electron chi connectivity index (χ2n) is 9.29. The molecule has 1 aromatic heterocycles. The van der Waals surface area contributed by atoms with E-state index in [0.29, 0.717) is 5.11 Å². The maximum Gasteiger partial charge on any atom is 0.174 e. The second kappa shape index (κ2) is 7.96. The van der Waals surface area contributed by atoms with Crippen molar-refractivity contribution in [2.75, 3.05) is 16.8 Å². The zero-order valence-electron chi connectivity index (χ0n) is 19.2. The number of thiocarbonyl (C=S) groups is 1. The van der Waals surface area contributed by atoms with Gasteiger partial charge >= 0.3 is 0 Å². The van der Waals surface area contributed by atoms with Gasteiger partial charge in [0.05, 0.1) is 23.3 Å². The van der Waals surface area contributed by atoms with Gasteiger partial charge in [0.1, 0.15) is 5.82 Å². The SMILES string of the molecule is CC1=CC(C)(C)N(C)c2ccc([C@H]3[C@@H](c4ccccn4)NC(=S)N3c3ccc(F)cc3)cc21. The predicted octanol–water partition coefficient (Wildman–Crippen LogP) is 6.03. The Bertz CT molecular complexity index is 1240. The van der Waals surface area contributed by atoms with Gasteiger partial charge in [-0.2, -0.15) is 0 Å². The highest BCUT2D eigenvalue weighted by Crippen LogP contribution is 2.45. The Kier molecular flexibility index (Phi) is 5.20. The Labute approximate surface area is 199 Å². The number of rotatable bonds is 3. The zero-order chi connectivity index (χ0) is 23.3. The summed E-state index contributed by atoms with van der Waals surface area (Å²) in [6.07, 6.45) is 4.11. The fourth-order valence-corrected chi connectivity index (χ4v) is 5.28. The van der Waals surface area contributed by atoms with Crippen molar-refractivity contribution in [1.82, 2.24) is 10.3 Å². The summed E-state index contributed by atoms with van der Waals surface area (Å²) >= 11 is 5.78. The molecular formula is C27H27FN4S. The third-order valence-corrected chi connectivity index (χ3v) is 7.10. The van der Waals surface area contributed by atoms with E-state index in [-0.39, 0.29) is 23.4 Å². The van der Waals surface area contributed by atoms with Crippen molar-refractivity contribution >= 4 is 34.3 Å². The highest BCUT2D eigenvalue weighted by molar-refractivity contribution is 7.80. The molecule has 1 N–H and O–H groups in total. The molecule has 0 amide bonds. The van der Waals surface area contributed by atoms with Gasteiger partial charge in [0, 0.05) is 30.2 Å². The molecule has 2 aliphatic heterocycles. The first-order valence-electron chi connectivity index (χ1n) is 11.1. The van der Waals surface area contributed by atoms with Crippen LogP contribution in [0.4, 0.5) is 15.8 Å². The van der Waals surface area contributed by atoms with Gasteiger partial charge in [0.15, 0.2) is 5.11 Å². The third-order valence-electron chi connectivity index (χ3n) is 6.79. The largest absolute Gasteiger partial charge is 0.366 e. The molecule has 2 aliphatic rings. The maximum atomic E-state index is 13.7. The second-order valence-corrected chi connectivity index (χ2v) is 9.68. The Balaban J connectivity index is 1.65. The van der Waals surface area contributed by atoms with Gasteiger partial charge < -0.3 is 15.1 Å². The quantitative estimate of drug-likeness (QED) is 0.485. The normalized spacial score (nSPS) is 21.5. The molecule has 1 fully saturated rings. The van der Waals surface area contributed by atoms with Crippen molar-refractivity contribution in [3.05, 3.63) is 95.6 Å². The minimum absolute atomic E-state index is 0.0499. The van der Waals surface area contributed by atoms with Crippen LogP contribution in [0.15, 0.2) is 72.9 Å². The molecule has 5 rings (SSSR count). The predicted molar refractivity (Wildman–Crippen MR) is 137 cm³/mol. The number of hydrogen-bond donors (Lipinski definition) is 1. The summed E-state index contributed by atoms with van der Waals surface area (Å²) in [4.78, 5) is 9.00. The number of fused-ring (bicyclic) bond motifs is 1. The number of halogens is 1. The number of allylic oxidation sites excluding steroid dienone is 1. The molecule has 0 saturated carbocycles. The summed E-state index contributed by atoms with van der Waals surface area (Å²) in [5, 5.41) is 4.07. The van der Waals surface area contributed by atoms with Crippen LogP contribution in [0.2, 0.25) is 0 Å². The van der Waals surface area contributed by atoms with Crippen molar-refractivity contribution in [3.8, 4) is 0 Å². The molecule has 168 valence electrons.